The molecule has 0 aromatic carbocycles. The summed E-state index contributed by atoms with van der Waals surface area (Å²) >= 11 is 0. The SMILES string of the molecule is CCCN1CCN(C(=O)Cc2c[nH]c3ncccc23)C(C)(C)C1=O. The molecule has 0 aliphatic carbocycles. The summed E-state index contributed by atoms with van der Waals surface area (Å²) in [6, 6.07) is 3.82. The summed E-state index contributed by atoms with van der Waals surface area (Å²) in [6.07, 6.45) is 4.76. The van der Waals surface area contributed by atoms with Crippen molar-refractivity contribution in [1.82, 2.24) is 19.8 Å². The van der Waals surface area contributed by atoms with Gasteiger partial charge in [0.2, 0.25) is 11.8 Å². The minimum Gasteiger partial charge on any atom is -0.346 e. The van der Waals surface area contributed by atoms with Crippen LogP contribution in [-0.4, -0.2) is 56.8 Å². The lowest BCUT2D eigenvalue weighted by atomic mass is 9.96. The second-order valence-electron chi connectivity index (χ2n) is 6.79. The summed E-state index contributed by atoms with van der Waals surface area (Å²) in [5.74, 6) is 0.0128. The highest BCUT2D eigenvalue weighted by atomic mass is 16.2. The van der Waals surface area contributed by atoms with E-state index < -0.39 is 5.54 Å². The van der Waals surface area contributed by atoms with Crippen molar-refractivity contribution in [2.45, 2.75) is 39.2 Å². The zero-order chi connectivity index (χ0) is 17.3. The summed E-state index contributed by atoms with van der Waals surface area (Å²) < 4.78 is 0. The van der Waals surface area contributed by atoms with Crippen molar-refractivity contribution in [2.24, 2.45) is 0 Å². The fourth-order valence-corrected chi connectivity index (χ4v) is 3.44. The van der Waals surface area contributed by atoms with E-state index in [1.165, 1.54) is 0 Å². The van der Waals surface area contributed by atoms with Gasteiger partial charge < -0.3 is 14.8 Å². The van der Waals surface area contributed by atoms with Crippen LogP contribution in [0.3, 0.4) is 0 Å². The number of rotatable bonds is 4. The van der Waals surface area contributed by atoms with Gasteiger partial charge >= 0.3 is 0 Å². The quantitative estimate of drug-likeness (QED) is 0.933. The van der Waals surface area contributed by atoms with Crippen LogP contribution in [0.25, 0.3) is 11.0 Å². The highest BCUT2D eigenvalue weighted by Crippen LogP contribution is 2.25. The monoisotopic (exact) mass is 328 g/mol. The maximum atomic E-state index is 12.9. The van der Waals surface area contributed by atoms with Crippen LogP contribution < -0.4 is 0 Å². The topological polar surface area (TPSA) is 69.3 Å². The average Bonchev–Trinajstić information content (AvgIpc) is 2.95. The van der Waals surface area contributed by atoms with Gasteiger partial charge in [0.05, 0.1) is 6.42 Å². The lowest BCUT2D eigenvalue weighted by Gasteiger charge is -2.46. The van der Waals surface area contributed by atoms with Crippen molar-refractivity contribution in [3.05, 3.63) is 30.1 Å². The third-order valence-electron chi connectivity index (χ3n) is 4.75. The fraction of sp³-hybridized carbons (Fsp3) is 0.500. The van der Waals surface area contributed by atoms with E-state index in [1.807, 2.05) is 37.1 Å². The summed E-state index contributed by atoms with van der Waals surface area (Å²) in [4.78, 5) is 36.5. The summed E-state index contributed by atoms with van der Waals surface area (Å²) in [5, 5.41) is 0.958. The first-order valence-electron chi connectivity index (χ1n) is 8.46. The lowest BCUT2D eigenvalue weighted by molar-refractivity contribution is -0.158. The average molecular weight is 328 g/mol. The highest BCUT2D eigenvalue weighted by Gasteiger charge is 2.43. The molecule has 6 nitrogen and oxygen atoms in total. The molecule has 3 rings (SSSR count). The fourth-order valence-electron chi connectivity index (χ4n) is 3.44. The number of pyridine rings is 1. The Morgan fingerprint density at radius 3 is 2.92 bits per heavy atom. The van der Waals surface area contributed by atoms with Gasteiger partial charge in [0, 0.05) is 37.4 Å². The Kier molecular flexibility index (Phi) is 4.30. The number of aromatic amines is 1. The largest absolute Gasteiger partial charge is 0.346 e. The number of amides is 2. The zero-order valence-electron chi connectivity index (χ0n) is 14.5. The molecule has 1 N–H and O–H groups in total. The maximum absolute atomic E-state index is 12.9. The van der Waals surface area contributed by atoms with E-state index in [0.29, 0.717) is 13.1 Å². The van der Waals surface area contributed by atoms with Crippen molar-refractivity contribution in [1.29, 1.82) is 0 Å². The van der Waals surface area contributed by atoms with Gasteiger partial charge in [-0.05, 0) is 38.0 Å². The molecule has 3 heterocycles. The Morgan fingerprint density at radius 1 is 1.38 bits per heavy atom. The van der Waals surface area contributed by atoms with Crippen molar-refractivity contribution in [3.8, 4) is 0 Å². The molecule has 1 saturated heterocycles. The zero-order valence-corrected chi connectivity index (χ0v) is 14.5. The van der Waals surface area contributed by atoms with E-state index in [4.69, 9.17) is 0 Å². The van der Waals surface area contributed by atoms with Crippen molar-refractivity contribution in [3.63, 3.8) is 0 Å². The molecule has 1 fully saturated rings. The van der Waals surface area contributed by atoms with Crippen LogP contribution in [-0.2, 0) is 16.0 Å². The molecular formula is C18H24N4O2. The van der Waals surface area contributed by atoms with Crippen LogP contribution in [0.15, 0.2) is 24.5 Å². The molecule has 0 bridgehead atoms. The molecule has 24 heavy (non-hydrogen) atoms. The number of nitrogens with one attached hydrogen (secondary N) is 1. The lowest BCUT2D eigenvalue weighted by Crippen LogP contribution is -2.64. The van der Waals surface area contributed by atoms with Gasteiger partial charge in [-0.3, -0.25) is 9.59 Å². The maximum Gasteiger partial charge on any atom is 0.248 e. The van der Waals surface area contributed by atoms with Gasteiger partial charge in [-0.15, -0.1) is 0 Å². The second kappa shape index (κ2) is 6.26. The molecule has 2 amide bonds. The van der Waals surface area contributed by atoms with Gasteiger partial charge in [-0.1, -0.05) is 6.92 Å². The molecule has 128 valence electrons. The Bertz CT molecular complexity index is 765. The van der Waals surface area contributed by atoms with E-state index in [-0.39, 0.29) is 18.2 Å². The predicted molar refractivity (Wildman–Crippen MR) is 92.5 cm³/mol. The van der Waals surface area contributed by atoms with E-state index in [1.54, 1.807) is 11.1 Å². The van der Waals surface area contributed by atoms with Crippen LogP contribution in [0.1, 0.15) is 32.8 Å². The number of hydrogen-bond donors (Lipinski definition) is 1. The Labute approximate surface area is 141 Å². The van der Waals surface area contributed by atoms with Gasteiger partial charge in [0.15, 0.2) is 0 Å². The van der Waals surface area contributed by atoms with Gasteiger partial charge in [0.1, 0.15) is 11.2 Å². The minimum atomic E-state index is -0.797. The molecule has 0 spiro atoms. The van der Waals surface area contributed by atoms with E-state index in [2.05, 4.69) is 16.9 Å². The number of nitrogens with zero attached hydrogens (tertiary/aromatic N) is 3. The first kappa shape index (κ1) is 16.5. The minimum absolute atomic E-state index is 0.0192. The molecule has 0 radical (unpaired) electrons. The van der Waals surface area contributed by atoms with Crippen LogP contribution in [0.5, 0.6) is 0 Å². The Hall–Kier alpha value is -2.37. The molecule has 6 heteroatoms. The molecule has 0 atom stereocenters. The van der Waals surface area contributed by atoms with E-state index in [0.717, 1.165) is 29.6 Å². The van der Waals surface area contributed by atoms with Crippen molar-refractivity contribution < 1.29 is 9.59 Å². The van der Waals surface area contributed by atoms with E-state index in [9.17, 15) is 9.59 Å². The summed E-state index contributed by atoms with van der Waals surface area (Å²) in [6.45, 7) is 7.67. The number of H-pyrrole nitrogens is 1. The van der Waals surface area contributed by atoms with Crippen LogP contribution in [0.4, 0.5) is 0 Å². The number of aromatic nitrogens is 2. The Balaban J connectivity index is 1.79. The molecule has 2 aromatic heterocycles. The first-order valence-corrected chi connectivity index (χ1v) is 8.46. The molecular weight excluding hydrogens is 304 g/mol. The summed E-state index contributed by atoms with van der Waals surface area (Å²) in [7, 11) is 0. The van der Waals surface area contributed by atoms with Gasteiger partial charge in [-0.25, -0.2) is 4.98 Å². The van der Waals surface area contributed by atoms with Crippen molar-refractivity contribution >= 4 is 22.8 Å². The van der Waals surface area contributed by atoms with Crippen LogP contribution >= 0.6 is 0 Å². The van der Waals surface area contributed by atoms with Crippen LogP contribution in [0, 0.1) is 0 Å². The molecule has 1 aliphatic heterocycles. The molecule has 2 aromatic rings. The number of fused-ring (bicyclic) bond motifs is 1. The first-order chi connectivity index (χ1) is 11.4. The normalized spacial score (nSPS) is 17.5. The Morgan fingerprint density at radius 2 is 2.17 bits per heavy atom. The second-order valence-corrected chi connectivity index (χ2v) is 6.79. The van der Waals surface area contributed by atoms with Crippen LogP contribution in [0.2, 0.25) is 0 Å². The molecule has 1 aliphatic rings. The number of hydrogen-bond acceptors (Lipinski definition) is 3. The van der Waals surface area contributed by atoms with E-state index >= 15 is 0 Å². The number of carbonyl (C=O) groups is 2. The van der Waals surface area contributed by atoms with Gasteiger partial charge in [0.25, 0.3) is 0 Å². The number of piperazine rings is 1. The highest BCUT2D eigenvalue weighted by molar-refractivity contribution is 5.94. The summed E-state index contributed by atoms with van der Waals surface area (Å²) in [5.41, 5.74) is 0.903. The smallest absolute Gasteiger partial charge is 0.248 e. The number of carbonyl (C=O) groups excluding carboxylic acids is 2. The standard InChI is InChI=1S/C18H24N4O2/c1-4-8-21-9-10-22(18(2,3)17(21)24)15(23)11-13-12-20-16-14(13)6-5-7-19-16/h5-7,12H,4,8-11H2,1-3H3,(H,19,20). The van der Waals surface area contributed by atoms with Gasteiger partial charge in [-0.2, -0.15) is 0 Å². The third-order valence-corrected chi connectivity index (χ3v) is 4.75. The van der Waals surface area contributed by atoms with Crippen molar-refractivity contribution in [2.75, 3.05) is 19.6 Å². The third kappa shape index (κ3) is 2.77. The predicted octanol–water partition coefficient (Wildman–Crippen LogP) is 1.96. The molecule has 0 saturated carbocycles. The molecule has 0 unspecified atom stereocenters.